The average molecular weight is 310 g/mol. The molecule has 1 aromatic heterocycles. The van der Waals surface area contributed by atoms with Gasteiger partial charge in [-0.2, -0.15) is 0 Å². The lowest BCUT2D eigenvalue weighted by Crippen LogP contribution is -2.04. The molecule has 2 heteroatoms. The van der Waals surface area contributed by atoms with E-state index in [-0.39, 0.29) is 0 Å². The van der Waals surface area contributed by atoms with Crippen molar-refractivity contribution in [1.82, 2.24) is 4.98 Å². The Bertz CT molecular complexity index is 614. The van der Waals surface area contributed by atoms with Gasteiger partial charge in [-0.3, -0.25) is 0 Å². The molecule has 1 aromatic carbocycles. The van der Waals surface area contributed by atoms with Crippen molar-refractivity contribution in [2.75, 3.05) is 5.73 Å². The minimum absolute atomic E-state index is 0.709. The van der Waals surface area contributed by atoms with Gasteiger partial charge in [0.15, 0.2) is 0 Å². The number of rotatable bonds is 8. The number of aryl methyl sites for hydroxylation is 3. The number of hydrogen-bond acceptors (Lipinski definition) is 2. The van der Waals surface area contributed by atoms with Crippen LogP contribution in [0.2, 0.25) is 0 Å². The van der Waals surface area contributed by atoms with Crippen molar-refractivity contribution in [1.29, 1.82) is 0 Å². The molecule has 0 amide bonds. The second-order valence-corrected chi connectivity index (χ2v) is 6.48. The summed E-state index contributed by atoms with van der Waals surface area (Å²) in [6, 6.07) is 11.3. The van der Waals surface area contributed by atoms with Crippen LogP contribution < -0.4 is 5.73 Å². The fourth-order valence-electron chi connectivity index (χ4n) is 2.99. The van der Waals surface area contributed by atoms with Crippen LogP contribution in [-0.4, -0.2) is 4.98 Å². The van der Waals surface area contributed by atoms with Crippen molar-refractivity contribution in [3.8, 4) is 0 Å². The Morgan fingerprint density at radius 1 is 0.870 bits per heavy atom. The van der Waals surface area contributed by atoms with Gasteiger partial charge in [0, 0.05) is 5.69 Å². The molecule has 0 aliphatic rings. The zero-order valence-electron chi connectivity index (χ0n) is 14.9. The SMILES string of the molecule is CCCCCc1cc(Cc2ccc(CCC)cc2)c(C)nc1N. The first-order chi connectivity index (χ1) is 11.1. The van der Waals surface area contributed by atoms with Crippen molar-refractivity contribution in [3.63, 3.8) is 0 Å². The van der Waals surface area contributed by atoms with Crippen molar-refractivity contribution in [2.45, 2.75) is 65.7 Å². The molecule has 0 atom stereocenters. The van der Waals surface area contributed by atoms with E-state index in [4.69, 9.17) is 5.73 Å². The predicted molar refractivity (Wildman–Crippen MR) is 99.9 cm³/mol. The Hall–Kier alpha value is -1.83. The van der Waals surface area contributed by atoms with Crippen LogP contribution >= 0.6 is 0 Å². The number of nitrogens with zero attached hydrogens (tertiary/aromatic N) is 1. The highest BCUT2D eigenvalue weighted by Crippen LogP contribution is 2.20. The fraction of sp³-hybridized carbons (Fsp3) is 0.476. The largest absolute Gasteiger partial charge is 0.383 e. The molecule has 0 radical (unpaired) electrons. The van der Waals surface area contributed by atoms with Crippen LogP contribution in [0, 0.1) is 6.92 Å². The minimum atomic E-state index is 0.709. The van der Waals surface area contributed by atoms with Crippen LogP contribution in [0.15, 0.2) is 30.3 Å². The highest BCUT2D eigenvalue weighted by molar-refractivity contribution is 5.45. The molecule has 1 heterocycles. The molecule has 23 heavy (non-hydrogen) atoms. The fourth-order valence-corrected chi connectivity index (χ4v) is 2.99. The van der Waals surface area contributed by atoms with Gasteiger partial charge < -0.3 is 5.73 Å². The maximum absolute atomic E-state index is 6.11. The third-order valence-corrected chi connectivity index (χ3v) is 4.44. The minimum Gasteiger partial charge on any atom is -0.383 e. The van der Waals surface area contributed by atoms with E-state index in [1.54, 1.807) is 0 Å². The molecule has 2 nitrogen and oxygen atoms in total. The first kappa shape index (κ1) is 17.5. The van der Waals surface area contributed by atoms with Gasteiger partial charge in [0.2, 0.25) is 0 Å². The third kappa shape index (κ3) is 5.09. The molecular weight excluding hydrogens is 280 g/mol. The van der Waals surface area contributed by atoms with E-state index in [9.17, 15) is 0 Å². The molecule has 2 N–H and O–H groups in total. The normalized spacial score (nSPS) is 10.9. The number of unbranched alkanes of at least 4 members (excludes halogenated alkanes) is 2. The van der Waals surface area contributed by atoms with Gasteiger partial charge in [0.25, 0.3) is 0 Å². The number of anilines is 1. The molecule has 0 bridgehead atoms. The molecule has 0 spiro atoms. The van der Waals surface area contributed by atoms with Gasteiger partial charge in [-0.15, -0.1) is 0 Å². The van der Waals surface area contributed by atoms with Gasteiger partial charge in [-0.1, -0.05) is 63.4 Å². The Morgan fingerprint density at radius 3 is 2.22 bits per heavy atom. The summed E-state index contributed by atoms with van der Waals surface area (Å²) in [7, 11) is 0. The summed E-state index contributed by atoms with van der Waals surface area (Å²) in [6.45, 7) is 6.51. The highest BCUT2D eigenvalue weighted by Gasteiger charge is 2.08. The van der Waals surface area contributed by atoms with E-state index in [0.29, 0.717) is 5.82 Å². The van der Waals surface area contributed by atoms with Crippen LogP contribution in [0.1, 0.15) is 67.5 Å². The van der Waals surface area contributed by atoms with E-state index in [2.05, 4.69) is 56.1 Å². The van der Waals surface area contributed by atoms with Crippen molar-refractivity contribution in [2.24, 2.45) is 0 Å². The first-order valence-electron chi connectivity index (χ1n) is 8.96. The Morgan fingerprint density at radius 2 is 1.57 bits per heavy atom. The first-order valence-corrected chi connectivity index (χ1v) is 8.96. The lowest BCUT2D eigenvalue weighted by atomic mass is 9.98. The van der Waals surface area contributed by atoms with Crippen molar-refractivity contribution in [3.05, 3.63) is 58.3 Å². The second-order valence-electron chi connectivity index (χ2n) is 6.48. The lowest BCUT2D eigenvalue weighted by Gasteiger charge is -2.12. The van der Waals surface area contributed by atoms with E-state index in [1.165, 1.54) is 47.9 Å². The monoisotopic (exact) mass is 310 g/mol. The van der Waals surface area contributed by atoms with Crippen molar-refractivity contribution >= 4 is 5.82 Å². The van der Waals surface area contributed by atoms with Crippen molar-refractivity contribution < 1.29 is 0 Å². The number of nitrogen functional groups attached to an aromatic ring is 1. The molecule has 124 valence electrons. The standard InChI is InChI=1S/C21H30N2/c1-4-6-7-9-19-15-20(16(3)23-21(19)22)14-18-12-10-17(8-5-2)11-13-18/h10-13,15H,4-9,14H2,1-3H3,(H2,22,23). The van der Waals surface area contributed by atoms with Crippen LogP contribution in [0.3, 0.4) is 0 Å². The predicted octanol–water partition coefficient (Wildman–Crippen LogP) is 5.25. The molecular formula is C21H30N2. The zero-order valence-corrected chi connectivity index (χ0v) is 14.9. The summed E-state index contributed by atoms with van der Waals surface area (Å²) in [5.41, 5.74) is 12.4. The maximum atomic E-state index is 6.11. The number of nitrogens with two attached hydrogens (primary N) is 1. The Labute approximate surface area is 141 Å². The molecule has 0 fully saturated rings. The van der Waals surface area contributed by atoms with Gasteiger partial charge in [-0.05, 0) is 54.9 Å². The quantitative estimate of drug-likeness (QED) is 0.676. The molecule has 2 aromatic rings. The van der Waals surface area contributed by atoms with Crippen LogP contribution in [-0.2, 0) is 19.3 Å². The molecule has 0 saturated heterocycles. The molecule has 0 aliphatic heterocycles. The Kier molecular flexibility index (Phi) is 6.64. The van der Waals surface area contributed by atoms with Crippen LogP contribution in [0.25, 0.3) is 0 Å². The van der Waals surface area contributed by atoms with E-state index >= 15 is 0 Å². The average Bonchev–Trinajstić information content (AvgIpc) is 2.54. The topological polar surface area (TPSA) is 38.9 Å². The molecule has 0 unspecified atom stereocenters. The molecule has 0 aliphatic carbocycles. The molecule has 0 saturated carbocycles. The third-order valence-electron chi connectivity index (χ3n) is 4.44. The van der Waals surface area contributed by atoms with E-state index in [1.807, 2.05) is 0 Å². The van der Waals surface area contributed by atoms with E-state index < -0.39 is 0 Å². The number of aromatic nitrogens is 1. The van der Waals surface area contributed by atoms with Gasteiger partial charge >= 0.3 is 0 Å². The van der Waals surface area contributed by atoms with Gasteiger partial charge in [-0.25, -0.2) is 4.98 Å². The van der Waals surface area contributed by atoms with Crippen LogP contribution in [0.5, 0.6) is 0 Å². The smallest absolute Gasteiger partial charge is 0.126 e. The summed E-state index contributed by atoms with van der Waals surface area (Å²) in [5, 5.41) is 0. The number of pyridine rings is 1. The summed E-state index contributed by atoms with van der Waals surface area (Å²) in [5.74, 6) is 0.709. The maximum Gasteiger partial charge on any atom is 0.126 e. The zero-order chi connectivity index (χ0) is 16.7. The number of hydrogen-bond donors (Lipinski definition) is 1. The summed E-state index contributed by atoms with van der Waals surface area (Å²) < 4.78 is 0. The summed E-state index contributed by atoms with van der Waals surface area (Å²) in [6.07, 6.45) is 8.00. The van der Waals surface area contributed by atoms with Crippen LogP contribution in [0.4, 0.5) is 5.82 Å². The highest BCUT2D eigenvalue weighted by atomic mass is 14.8. The van der Waals surface area contributed by atoms with E-state index in [0.717, 1.165) is 25.0 Å². The summed E-state index contributed by atoms with van der Waals surface area (Å²) >= 11 is 0. The number of benzene rings is 1. The van der Waals surface area contributed by atoms with Gasteiger partial charge in [0.05, 0.1) is 0 Å². The lowest BCUT2D eigenvalue weighted by molar-refractivity contribution is 0.716. The second kappa shape index (κ2) is 8.71. The Balaban J connectivity index is 2.13. The molecule has 2 rings (SSSR count). The van der Waals surface area contributed by atoms with Gasteiger partial charge in [0.1, 0.15) is 5.82 Å². The summed E-state index contributed by atoms with van der Waals surface area (Å²) in [4.78, 5) is 4.57.